The van der Waals surface area contributed by atoms with Gasteiger partial charge < -0.3 is 5.32 Å². The molecule has 0 atom stereocenters. The van der Waals surface area contributed by atoms with Crippen molar-refractivity contribution in [3.63, 3.8) is 0 Å². The Morgan fingerprint density at radius 3 is 2.77 bits per heavy atom. The van der Waals surface area contributed by atoms with Crippen LogP contribution < -0.4 is 5.32 Å². The summed E-state index contributed by atoms with van der Waals surface area (Å²) in [6, 6.07) is 10.9. The van der Waals surface area contributed by atoms with Crippen LogP contribution in [0.4, 0.5) is 5.69 Å². The Bertz CT molecular complexity index is 928. The van der Waals surface area contributed by atoms with E-state index in [4.69, 9.17) is 11.6 Å². The highest BCUT2D eigenvalue weighted by Crippen LogP contribution is 2.20. The summed E-state index contributed by atoms with van der Waals surface area (Å²) in [4.78, 5) is 25.6. The lowest BCUT2D eigenvalue weighted by Gasteiger charge is -2.09. The summed E-state index contributed by atoms with van der Waals surface area (Å²) < 4.78 is 0. The van der Waals surface area contributed by atoms with Gasteiger partial charge in [-0.3, -0.25) is 9.78 Å². The van der Waals surface area contributed by atoms with E-state index >= 15 is 0 Å². The van der Waals surface area contributed by atoms with Crippen LogP contribution in [0.3, 0.4) is 0 Å². The molecule has 0 fully saturated rings. The quantitative estimate of drug-likeness (QED) is 0.733. The number of carbonyl (C=O) groups excluding carboxylic acids is 1. The van der Waals surface area contributed by atoms with Crippen molar-refractivity contribution in [3.05, 3.63) is 82.2 Å². The van der Waals surface area contributed by atoms with Crippen molar-refractivity contribution in [1.82, 2.24) is 15.0 Å². The summed E-state index contributed by atoms with van der Waals surface area (Å²) in [6.07, 6.45) is 4.63. The molecule has 5 nitrogen and oxygen atoms in total. The molecule has 26 heavy (non-hydrogen) atoms. The molecule has 0 saturated carbocycles. The minimum Gasteiger partial charge on any atom is -0.321 e. The molecule has 0 bridgehead atoms. The van der Waals surface area contributed by atoms with E-state index in [0.717, 1.165) is 29.2 Å². The molecule has 2 aromatic heterocycles. The highest BCUT2D eigenvalue weighted by molar-refractivity contribution is 6.34. The zero-order chi connectivity index (χ0) is 18.5. The zero-order valence-electron chi connectivity index (χ0n) is 14.7. The first-order chi connectivity index (χ1) is 12.5. The predicted molar refractivity (Wildman–Crippen MR) is 103 cm³/mol. The third kappa shape index (κ3) is 4.43. The second-order valence-corrected chi connectivity index (χ2v) is 6.36. The maximum Gasteiger partial charge on any atom is 0.257 e. The number of anilines is 1. The van der Waals surface area contributed by atoms with Crippen molar-refractivity contribution in [1.29, 1.82) is 0 Å². The molecular weight excluding hydrogens is 348 g/mol. The lowest BCUT2D eigenvalue weighted by Crippen LogP contribution is -2.13. The fourth-order valence-corrected chi connectivity index (χ4v) is 2.84. The SMILES string of the molecule is CCc1cc(C)nc(Cc2ccc(Cl)c(C(=O)Nc3cccnc3)c2)n1. The number of benzene rings is 1. The Morgan fingerprint density at radius 1 is 1.19 bits per heavy atom. The van der Waals surface area contributed by atoms with Crippen molar-refractivity contribution in [2.45, 2.75) is 26.7 Å². The Hall–Kier alpha value is -2.79. The molecule has 1 aromatic carbocycles. The molecule has 6 heteroatoms. The third-order valence-electron chi connectivity index (χ3n) is 3.87. The predicted octanol–water partition coefficient (Wildman–Crippen LogP) is 4.24. The van der Waals surface area contributed by atoms with Gasteiger partial charge in [0.2, 0.25) is 0 Å². The number of nitrogens with zero attached hydrogens (tertiary/aromatic N) is 3. The Balaban J connectivity index is 1.83. The molecule has 0 aliphatic rings. The van der Waals surface area contributed by atoms with Crippen LogP contribution in [0.25, 0.3) is 0 Å². The average molecular weight is 367 g/mol. The Kier molecular flexibility index (Phi) is 5.58. The second kappa shape index (κ2) is 8.06. The van der Waals surface area contributed by atoms with Crippen molar-refractivity contribution < 1.29 is 4.79 Å². The molecule has 132 valence electrons. The highest BCUT2D eigenvalue weighted by atomic mass is 35.5. The van der Waals surface area contributed by atoms with E-state index in [1.54, 1.807) is 36.7 Å². The molecule has 0 saturated heterocycles. The van der Waals surface area contributed by atoms with Gasteiger partial charge in [0.25, 0.3) is 5.91 Å². The van der Waals surface area contributed by atoms with Gasteiger partial charge in [-0.15, -0.1) is 0 Å². The van der Waals surface area contributed by atoms with Crippen LogP contribution in [0.2, 0.25) is 5.02 Å². The van der Waals surface area contributed by atoms with E-state index in [0.29, 0.717) is 22.7 Å². The number of rotatable bonds is 5. The van der Waals surface area contributed by atoms with Crippen LogP contribution in [-0.4, -0.2) is 20.9 Å². The summed E-state index contributed by atoms with van der Waals surface area (Å²) in [5.41, 5.74) is 3.91. The topological polar surface area (TPSA) is 67.8 Å². The molecule has 0 spiro atoms. The van der Waals surface area contributed by atoms with Gasteiger partial charge in [-0.2, -0.15) is 0 Å². The van der Waals surface area contributed by atoms with Crippen molar-refractivity contribution in [3.8, 4) is 0 Å². The van der Waals surface area contributed by atoms with E-state index in [-0.39, 0.29) is 5.91 Å². The van der Waals surface area contributed by atoms with E-state index in [9.17, 15) is 4.79 Å². The van der Waals surface area contributed by atoms with Gasteiger partial charge in [-0.1, -0.05) is 24.6 Å². The lowest BCUT2D eigenvalue weighted by molar-refractivity contribution is 0.102. The van der Waals surface area contributed by atoms with Gasteiger partial charge in [-0.25, -0.2) is 9.97 Å². The molecule has 3 rings (SSSR count). The minimum atomic E-state index is -0.274. The molecule has 0 aliphatic heterocycles. The van der Waals surface area contributed by atoms with Gasteiger partial charge >= 0.3 is 0 Å². The van der Waals surface area contributed by atoms with Crippen molar-refractivity contribution in [2.24, 2.45) is 0 Å². The Morgan fingerprint density at radius 2 is 2.04 bits per heavy atom. The van der Waals surface area contributed by atoms with E-state index in [1.165, 1.54) is 0 Å². The number of halogens is 1. The van der Waals surface area contributed by atoms with Gasteiger partial charge in [0.1, 0.15) is 5.82 Å². The first-order valence-corrected chi connectivity index (χ1v) is 8.76. The average Bonchev–Trinajstić information content (AvgIpc) is 2.63. The van der Waals surface area contributed by atoms with Crippen LogP contribution in [0.15, 0.2) is 48.8 Å². The number of hydrogen-bond donors (Lipinski definition) is 1. The normalized spacial score (nSPS) is 10.6. The first kappa shape index (κ1) is 18.0. The number of nitrogens with one attached hydrogen (secondary N) is 1. The summed E-state index contributed by atoms with van der Waals surface area (Å²) in [5, 5.41) is 3.20. The van der Waals surface area contributed by atoms with Gasteiger partial charge in [-0.05, 0) is 49.2 Å². The van der Waals surface area contributed by atoms with Crippen molar-refractivity contribution >= 4 is 23.2 Å². The summed E-state index contributed by atoms with van der Waals surface area (Å²) in [7, 11) is 0. The van der Waals surface area contributed by atoms with E-state index in [1.807, 2.05) is 19.1 Å². The standard InChI is InChI=1S/C20H19ClN4O/c1-3-15-9-13(2)23-19(24-15)11-14-6-7-18(21)17(10-14)20(26)25-16-5-4-8-22-12-16/h4-10,12H,3,11H2,1-2H3,(H,25,26). The van der Waals surface area contributed by atoms with Crippen LogP contribution in [-0.2, 0) is 12.8 Å². The molecule has 1 N–H and O–H groups in total. The molecular formula is C20H19ClN4O. The summed E-state index contributed by atoms with van der Waals surface area (Å²) >= 11 is 6.23. The Labute approximate surface area is 157 Å². The molecule has 1 amide bonds. The van der Waals surface area contributed by atoms with Gasteiger partial charge in [0.05, 0.1) is 22.5 Å². The van der Waals surface area contributed by atoms with E-state index < -0.39 is 0 Å². The summed E-state index contributed by atoms with van der Waals surface area (Å²) in [5.74, 6) is 0.465. The molecule has 0 radical (unpaired) electrons. The lowest BCUT2D eigenvalue weighted by atomic mass is 10.1. The largest absolute Gasteiger partial charge is 0.321 e. The highest BCUT2D eigenvalue weighted by Gasteiger charge is 2.13. The van der Waals surface area contributed by atoms with E-state index in [2.05, 4.69) is 27.2 Å². The van der Waals surface area contributed by atoms with Crippen LogP contribution in [0.1, 0.15) is 40.1 Å². The number of aromatic nitrogens is 3. The molecule has 2 heterocycles. The number of carbonyl (C=O) groups is 1. The number of pyridine rings is 1. The molecule has 0 unspecified atom stereocenters. The fraction of sp³-hybridized carbons (Fsp3) is 0.200. The van der Waals surface area contributed by atoms with Crippen molar-refractivity contribution in [2.75, 3.05) is 5.32 Å². The number of aryl methyl sites for hydroxylation is 2. The minimum absolute atomic E-state index is 0.274. The second-order valence-electron chi connectivity index (χ2n) is 5.96. The monoisotopic (exact) mass is 366 g/mol. The molecule has 3 aromatic rings. The maximum atomic E-state index is 12.5. The number of hydrogen-bond acceptors (Lipinski definition) is 4. The molecule has 0 aliphatic carbocycles. The fourth-order valence-electron chi connectivity index (χ4n) is 2.63. The van der Waals surface area contributed by atoms with Gasteiger partial charge in [0.15, 0.2) is 0 Å². The third-order valence-corrected chi connectivity index (χ3v) is 4.20. The smallest absolute Gasteiger partial charge is 0.257 e. The summed E-state index contributed by atoms with van der Waals surface area (Å²) in [6.45, 7) is 4.02. The maximum absolute atomic E-state index is 12.5. The number of amides is 1. The zero-order valence-corrected chi connectivity index (χ0v) is 15.4. The van der Waals surface area contributed by atoms with Crippen LogP contribution in [0, 0.1) is 6.92 Å². The first-order valence-electron chi connectivity index (χ1n) is 8.38. The van der Waals surface area contributed by atoms with Gasteiger partial charge in [0, 0.05) is 24.0 Å². The van der Waals surface area contributed by atoms with Crippen LogP contribution >= 0.6 is 11.6 Å². The van der Waals surface area contributed by atoms with Crippen LogP contribution in [0.5, 0.6) is 0 Å².